The van der Waals surface area contributed by atoms with E-state index in [1.807, 2.05) is 6.07 Å². The molecule has 0 radical (unpaired) electrons. The fourth-order valence-corrected chi connectivity index (χ4v) is 2.58. The topological polar surface area (TPSA) is 49.5 Å². The molecule has 17 heavy (non-hydrogen) atoms. The van der Waals surface area contributed by atoms with Gasteiger partial charge in [-0.3, -0.25) is 4.90 Å². The summed E-state index contributed by atoms with van der Waals surface area (Å²) >= 11 is 0. The molecule has 0 bridgehead atoms. The maximum Gasteiger partial charge on any atom is 0.0702 e. The minimum absolute atomic E-state index is 0.339. The zero-order chi connectivity index (χ0) is 12.1. The maximum absolute atomic E-state index is 9.81. The molecule has 1 saturated heterocycles. The molecule has 1 fully saturated rings. The Hall–Kier alpha value is -0.900. The Morgan fingerprint density at radius 3 is 2.82 bits per heavy atom. The molecule has 0 aromatic heterocycles. The van der Waals surface area contributed by atoms with Crippen molar-refractivity contribution < 1.29 is 5.11 Å². The number of hydrogen-bond donors (Lipinski definition) is 2. The third-order valence-electron chi connectivity index (χ3n) is 3.58. The predicted molar refractivity (Wildman–Crippen MR) is 69.5 cm³/mol. The van der Waals surface area contributed by atoms with Gasteiger partial charge in [0.05, 0.1) is 6.10 Å². The van der Waals surface area contributed by atoms with E-state index in [0.717, 1.165) is 32.5 Å². The van der Waals surface area contributed by atoms with Gasteiger partial charge in [-0.25, -0.2) is 0 Å². The fourth-order valence-electron chi connectivity index (χ4n) is 2.58. The lowest BCUT2D eigenvalue weighted by molar-refractivity contribution is 0.0537. The molecule has 2 atom stereocenters. The fraction of sp³-hybridized carbons (Fsp3) is 0.571. The van der Waals surface area contributed by atoms with Gasteiger partial charge in [0, 0.05) is 19.6 Å². The van der Waals surface area contributed by atoms with E-state index in [1.165, 1.54) is 5.56 Å². The largest absolute Gasteiger partial charge is 0.391 e. The van der Waals surface area contributed by atoms with E-state index in [0.29, 0.717) is 12.5 Å². The highest BCUT2D eigenvalue weighted by molar-refractivity contribution is 5.14. The van der Waals surface area contributed by atoms with E-state index >= 15 is 0 Å². The van der Waals surface area contributed by atoms with E-state index in [2.05, 4.69) is 29.2 Å². The number of hydrogen-bond acceptors (Lipinski definition) is 3. The lowest BCUT2D eigenvalue weighted by Gasteiger charge is -2.34. The first-order valence-electron chi connectivity index (χ1n) is 6.44. The maximum atomic E-state index is 9.81. The molecule has 0 saturated carbocycles. The van der Waals surface area contributed by atoms with Crippen molar-refractivity contribution in [3.8, 4) is 0 Å². The smallest absolute Gasteiger partial charge is 0.0702 e. The number of benzene rings is 1. The average Bonchev–Trinajstić information content (AvgIpc) is 2.39. The van der Waals surface area contributed by atoms with Crippen molar-refractivity contribution in [1.29, 1.82) is 0 Å². The summed E-state index contributed by atoms with van der Waals surface area (Å²) < 4.78 is 0. The molecule has 3 N–H and O–H groups in total. The van der Waals surface area contributed by atoms with Gasteiger partial charge in [0.2, 0.25) is 0 Å². The lowest BCUT2D eigenvalue weighted by atomic mass is 9.92. The zero-order valence-corrected chi connectivity index (χ0v) is 10.3. The summed E-state index contributed by atoms with van der Waals surface area (Å²) in [5, 5.41) is 9.81. The number of nitrogens with two attached hydrogens (primary N) is 1. The van der Waals surface area contributed by atoms with Crippen molar-refractivity contribution in [2.24, 2.45) is 11.7 Å². The second-order valence-electron chi connectivity index (χ2n) is 4.93. The molecule has 2 rings (SSSR count). The Bertz CT molecular complexity index is 328. The molecule has 1 unspecified atom stereocenters. The van der Waals surface area contributed by atoms with E-state index in [4.69, 9.17) is 5.73 Å². The Kier molecular flexibility index (Phi) is 4.54. The monoisotopic (exact) mass is 234 g/mol. The summed E-state index contributed by atoms with van der Waals surface area (Å²) in [7, 11) is 0. The summed E-state index contributed by atoms with van der Waals surface area (Å²) in [4.78, 5) is 2.42. The highest BCUT2D eigenvalue weighted by Gasteiger charge is 2.24. The number of rotatable bonds is 4. The molecule has 0 aliphatic carbocycles. The first-order valence-corrected chi connectivity index (χ1v) is 6.44. The van der Waals surface area contributed by atoms with Crippen LogP contribution in [-0.2, 0) is 6.54 Å². The lowest BCUT2D eigenvalue weighted by Crippen LogP contribution is -2.42. The number of aliphatic hydroxyl groups excluding tert-OH is 1. The normalized spacial score (nSPS) is 23.5. The number of aliphatic hydroxyl groups is 1. The number of nitrogens with zero attached hydrogens (tertiary/aromatic N) is 1. The standard InChI is InChI=1S/C14H22N2O/c15-9-14(17)13-7-4-8-16(11-13)10-12-5-2-1-3-6-12/h1-3,5-6,13-14,17H,4,7-11,15H2/t13?,14-/m1/s1. The third-order valence-corrected chi connectivity index (χ3v) is 3.58. The van der Waals surface area contributed by atoms with Gasteiger partial charge >= 0.3 is 0 Å². The summed E-state index contributed by atoms with van der Waals surface area (Å²) in [5.41, 5.74) is 6.88. The van der Waals surface area contributed by atoms with Crippen LogP contribution in [0.25, 0.3) is 0 Å². The molecule has 1 aromatic rings. The Labute approximate surface area is 103 Å². The molecule has 1 heterocycles. The number of likely N-dealkylation sites (tertiary alicyclic amines) is 1. The average molecular weight is 234 g/mol. The Morgan fingerprint density at radius 2 is 2.12 bits per heavy atom. The van der Waals surface area contributed by atoms with Crippen molar-refractivity contribution >= 4 is 0 Å². The van der Waals surface area contributed by atoms with Gasteiger partial charge in [-0.15, -0.1) is 0 Å². The summed E-state index contributed by atoms with van der Waals surface area (Å²) in [6.07, 6.45) is 1.92. The Balaban J connectivity index is 1.89. The van der Waals surface area contributed by atoms with Crippen LogP contribution in [0, 0.1) is 5.92 Å². The van der Waals surface area contributed by atoms with Gasteiger partial charge in [0.25, 0.3) is 0 Å². The van der Waals surface area contributed by atoms with Gasteiger partial charge in [0.1, 0.15) is 0 Å². The van der Waals surface area contributed by atoms with Crippen LogP contribution in [0.2, 0.25) is 0 Å². The van der Waals surface area contributed by atoms with Crippen LogP contribution < -0.4 is 5.73 Å². The SMILES string of the molecule is NC[C@@H](O)C1CCCN(Cc2ccccc2)C1. The van der Waals surface area contributed by atoms with Crippen LogP contribution in [0.1, 0.15) is 18.4 Å². The minimum atomic E-state index is -0.339. The summed E-state index contributed by atoms with van der Waals surface area (Å²) in [5.74, 6) is 0.345. The third kappa shape index (κ3) is 3.53. The molecule has 1 aliphatic heterocycles. The second kappa shape index (κ2) is 6.15. The van der Waals surface area contributed by atoms with Gasteiger partial charge < -0.3 is 10.8 Å². The molecular formula is C14H22N2O. The summed E-state index contributed by atoms with van der Waals surface area (Å²) in [6.45, 7) is 3.45. The summed E-state index contributed by atoms with van der Waals surface area (Å²) in [6, 6.07) is 10.5. The van der Waals surface area contributed by atoms with E-state index in [-0.39, 0.29) is 6.10 Å². The van der Waals surface area contributed by atoms with E-state index in [1.54, 1.807) is 0 Å². The Morgan fingerprint density at radius 1 is 1.35 bits per heavy atom. The quantitative estimate of drug-likeness (QED) is 0.823. The van der Waals surface area contributed by atoms with Gasteiger partial charge in [-0.2, -0.15) is 0 Å². The van der Waals surface area contributed by atoms with Gasteiger partial charge in [0.15, 0.2) is 0 Å². The van der Waals surface area contributed by atoms with Crippen LogP contribution in [-0.4, -0.2) is 35.7 Å². The van der Waals surface area contributed by atoms with Crippen LogP contribution >= 0.6 is 0 Å². The van der Waals surface area contributed by atoms with Crippen molar-refractivity contribution in [3.63, 3.8) is 0 Å². The highest BCUT2D eigenvalue weighted by atomic mass is 16.3. The molecule has 0 amide bonds. The van der Waals surface area contributed by atoms with E-state index in [9.17, 15) is 5.11 Å². The van der Waals surface area contributed by atoms with Crippen LogP contribution in [0.4, 0.5) is 0 Å². The van der Waals surface area contributed by atoms with Crippen molar-refractivity contribution in [1.82, 2.24) is 4.90 Å². The zero-order valence-electron chi connectivity index (χ0n) is 10.3. The molecular weight excluding hydrogens is 212 g/mol. The molecule has 0 spiro atoms. The first kappa shape index (κ1) is 12.6. The van der Waals surface area contributed by atoms with Crippen LogP contribution in [0.15, 0.2) is 30.3 Å². The first-order chi connectivity index (χ1) is 8.29. The second-order valence-corrected chi connectivity index (χ2v) is 4.93. The number of piperidine rings is 1. The molecule has 94 valence electrons. The van der Waals surface area contributed by atoms with Crippen LogP contribution in [0.3, 0.4) is 0 Å². The molecule has 1 aliphatic rings. The minimum Gasteiger partial charge on any atom is -0.391 e. The molecule has 1 aromatic carbocycles. The highest BCUT2D eigenvalue weighted by Crippen LogP contribution is 2.21. The van der Waals surface area contributed by atoms with E-state index < -0.39 is 0 Å². The predicted octanol–water partition coefficient (Wildman–Crippen LogP) is 1.22. The van der Waals surface area contributed by atoms with Crippen molar-refractivity contribution in [2.45, 2.75) is 25.5 Å². The van der Waals surface area contributed by atoms with Crippen molar-refractivity contribution in [3.05, 3.63) is 35.9 Å². The van der Waals surface area contributed by atoms with Crippen molar-refractivity contribution in [2.75, 3.05) is 19.6 Å². The molecule has 3 heteroatoms. The molecule has 3 nitrogen and oxygen atoms in total. The van der Waals surface area contributed by atoms with Gasteiger partial charge in [-0.1, -0.05) is 30.3 Å². The van der Waals surface area contributed by atoms with Crippen LogP contribution in [0.5, 0.6) is 0 Å². The van der Waals surface area contributed by atoms with Gasteiger partial charge in [-0.05, 0) is 30.9 Å².